The Kier molecular flexibility index (Phi) is 5.58. The molecule has 2 rings (SSSR count). The van der Waals surface area contributed by atoms with Gasteiger partial charge < -0.3 is 5.32 Å². The minimum Gasteiger partial charge on any atom is -0.354 e. The second-order valence-corrected chi connectivity index (χ2v) is 7.07. The minimum atomic E-state index is -0.563. The third-order valence-electron chi connectivity index (χ3n) is 4.45. The van der Waals surface area contributed by atoms with Crippen molar-refractivity contribution < 1.29 is 9.18 Å². The van der Waals surface area contributed by atoms with E-state index in [1.165, 1.54) is 6.07 Å². The van der Waals surface area contributed by atoms with Gasteiger partial charge in [-0.25, -0.2) is 4.39 Å². The summed E-state index contributed by atoms with van der Waals surface area (Å²) in [7, 11) is 0. The van der Waals surface area contributed by atoms with Gasteiger partial charge in [0.05, 0.1) is 5.54 Å². The highest BCUT2D eigenvalue weighted by Crippen LogP contribution is 2.27. The molecular weight excluding hydrogens is 291 g/mol. The lowest BCUT2D eigenvalue weighted by molar-refractivity contribution is -0.131. The van der Waals surface area contributed by atoms with E-state index in [0.717, 1.165) is 18.5 Å². The number of nitrogens with one attached hydrogen (secondary N) is 1. The summed E-state index contributed by atoms with van der Waals surface area (Å²) in [6, 6.07) is 6.87. The summed E-state index contributed by atoms with van der Waals surface area (Å²) in [5.74, 6) is 0.304. The van der Waals surface area contributed by atoms with Crippen molar-refractivity contribution >= 4 is 11.5 Å². The van der Waals surface area contributed by atoms with Crippen LogP contribution < -0.4 is 5.32 Å². The van der Waals surface area contributed by atoms with Gasteiger partial charge in [-0.15, -0.1) is 0 Å². The summed E-state index contributed by atoms with van der Waals surface area (Å²) in [5.41, 5.74) is 1.14. The lowest BCUT2D eigenvalue weighted by Crippen LogP contribution is -2.56. The molecule has 126 valence electrons. The van der Waals surface area contributed by atoms with E-state index in [1.807, 2.05) is 32.1 Å². The maximum absolute atomic E-state index is 13.9. The number of hydrogen-bond donors (Lipinski definition) is 1. The minimum absolute atomic E-state index is 0.0499. The first-order valence-corrected chi connectivity index (χ1v) is 8.29. The zero-order chi connectivity index (χ0) is 17.0. The van der Waals surface area contributed by atoms with Gasteiger partial charge in [0.1, 0.15) is 5.82 Å². The SMILES string of the molecule is CC(C)CNC(=O)C(C)(C)N1CC=C(c2ccccc2F)CC1. The van der Waals surface area contributed by atoms with Gasteiger partial charge in [-0.3, -0.25) is 9.69 Å². The molecule has 0 radical (unpaired) electrons. The summed E-state index contributed by atoms with van der Waals surface area (Å²) in [6.45, 7) is 10.2. The van der Waals surface area contributed by atoms with Gasteiger partial charge in [0.15, 0.2) is 0 Å². The van der Waals surface area contributed by atoms with Crippen molar-refractivity contribution in [3.63, 3.8) is 0 Å². The molecule has 1 heterocycles. The number of halogens is 1. The van der Waals surface area contributed by atoms with E-state index in [0.29, 0.717) is 24.6 Å². The van der Waals surface area contributed by atoms with Gasteiger partial charge in [-0.05, 0) is 37.8 Å². The number of amides is 1. The lowest BCUT2D eigenvalue weighted by atomic mass is 9.94. The van der Waals surface area contributed by atoms with Gasteiger partial charge >= 0.3 is 0 Å². The molecule has 1 aliphatic heterocycles. The van der Waals surface area contributed by atoms with Crippen LogP contribution in [0.1, 0.15) is 39.7 Å². The number of carbonyl (C=O) groups is 1. The Labute approximate surface area is 138 Å². The zero-order valence-electron chi connectivity index (χ0n) is 14.5. The highest BCUT2D eigenvalue weighted by atomic mass is 19.1. The molecule has 0 bridgehead atoms. The molecule has 0 aliphatic carbocycles. The normalized spacial score (nSPS) is 16.3. The smallest absolute Gasteiger partial charge is 0.239 e. The molecule has 1 aromatic carbocycles. The number of nitrogens with zero attached hydrogens (tertiary/aromatic N) is 1. The third kappa shape index (κ3) is 4.20. The molecule has 0 aromatic heterocycles. The molecular formula is C19H27FN2O. The quantitative estimate of drug-likeness (QED) is 0.901. The maximum atomic E-state index is 13.9. The molecule has 4 heteroatoms. The summed E-state index contributed by atoms with van der Waals surface area (Å²) in [6.07, 6.45) is 2.79. The average molecular weight is 318 g/mol. The van der Waals surface area contributed by atoms with E-state index in [1.54, 1.807) is 6.07 Å². The Morgan fingerprint density at radius 1 is 1.35 bits per heavy atom. The van der Waals surface area contributed by atoms with Crippen molar-refractivity contribution in [1.29, 1.82) is 0 Å². The van der Waals surface area contributed by atoms with Crippen LogP contribution in [0.25, 0.3) is 5.57 Å². The van der Waals surface area contributed by atoms with Gasteiger partial charge in [-0.1, -0.05) is 38.1 Å². The standard InChI is InChI=1S/C19H27FN2O/c1-14(2)13-21-18(23)19(3,4)22-11-9-15(10-12-22)16-7-5-6-8-17(16)20/h5-9,14H,10-13H2,1-4H3,(H,21,23). The fourth-order valence-corrected chi connectivity index (χ4v) is 2.80. The Bertz CT molecular complexity index is 593. The topological polar surface area (TPSA) is 32.3 Å². The van der Waals surface area contributed by atoms with Crippen LogP contribution in [0.15, 0.2) is 30.3 Å². The first-order chi connectivity index (χ1) is 10.8. The average Bonchev–Trinajstić information content (AvgIpc) is 2.53. The van der Waals surface area contributed by atoms with Crippen molar-refractivity contribution in [2.24, 2.45) is 5.92 Å². The van der Waals surface area contributed by atoms with Crippen LogP contribution in [0.3, 0.4) is 0 Å². The molecule has 0 saturated carbocycles. The number of carbonyl (C=O) groups excluding carboxylic acids is 1. The molecule has 0 spiro atoms. The monoisotopic (exact) mass is 318 g/mol. The van der Waals surface area contributed by atoms with Crippen LogP contribution in [-0.2, 0) is 4.79 Å². The predicted molar refractivity (Wildman–Crippen MR) is 92.5 cm³/mol. The lowest BCUT2D eigenvalue weighted by Gasteiger charge is -2.39. The van der Waals surface area contributed by atoms with E-state index >= 15 is 0 Å². The van der Waals surface area contributed by atoms with Gasteiger partial charge in [-0.2, -0.15) is 0 Å². The fourth-order valence-electron chi connectivity index (χ4n) is 2.80. The molecule has 0 unspecified atom stereocenters. The predicted octanol–water partition coefficient (Wildman–Crippen LogP) is 3.47. The molecule has 1 amide bonds. The van der Waals surface area contributed by atoms with Crippen molar-refractivity contribution in [2.75, 3.05) is 19.6 Å². The molecule has 0 saturated heterocycles. The van der Waals surface area contributed by atoms with Crippen LogP contribution in [0.4, 0.5) is 4.39 Å². The zero-order valence-corrected chi connectivity index (χ0v) is 14.5. The van der Waals surface area contributed by atoms with E-state index in [9.17, 15) is 9.18 Å². The van der Waals surface area contributed by atoms with Crippen molar-refractivity contribution in [3.05, 3.63) is 41.7 Å². The molecule has 0 atom stereocenters. The molecule has 1 N–H and O–H groups in total. The van der Waals surface area contributed by atoms with Crippen LogP contribution in [-0.4, -0.2) is 36.0 Å². The van der Waals surface area contributed by atoms with Crippen LogP contribution in [0, 0.1) is 11.7 Å². The van der Waals surface area contributed by atoms with Crippen molar-refractivity contribution in [1.82, 2.24) is 10.2 Å². The first-order valence-electron chi connectivity index (χ1n) is 8.29. The highest BCUT2D eigenvalue weighted by Gasteiger charge is 2.35. The Morgan fingerprint density at radius 2 is 2.04 bits per heavy atom. The summed E-state index contributed by atoms with van der Waals surface area (Å²) >= 11 is 0. The van der Waals surface area contributed by atoms with Crippen molar-refractivity contribution in [2.45, 2.75) is 39.7 Å². The fraction of sp³-hybridized carbons (Fsp3) is 0.526. The second-order valence-electron chi connectivity index (χ2n) is 7.07. The summed E-state index contributed by atoms with van der Waals surface area (Å²) < 4.78 is 13.9. The Balaban J connectivity index is 2.05. The maximum Gasteiger partial charge on any atom is 0.239 e. The summed E-state index contributed by atoms with van der Waals surface area (Å²) in [4.78, 5) is 14.6. The van der Waals surface area contributed by atoms with Crippen LogP contribution in [0.2, 0.25) is 0 Å². The first kappa shape index (κ1) is 17.7. The molecule has 1 aliphatic rings. The molecule has 3 nitrogen and oxygen atoms in total. The van der Waals surface area contributed by atoms with Crippen molar-refractivity contribution in [3.8, 4) is 0 Å². The second kappa shape index (κ2) is 7.26. The Morgan fingerprint density at radius 3 is 2.61 bits per heavy atom. The molecule has 0 fully saturated rings. The largest absolute Gasteiger partial charge is 0.354 e. The van der Waals surface area contributed by atoms with E-state index in [4.69, 9.17) is 0 Å². The van der Waals surface area contributed by atoms with Gasteiger partial charge in [0.25, 0.3) is 0 Å². The van der Waals surface area contributed by atoms with Gasteiger partial charge in [0, 0.05) is 25.2 Å². The molecule has 1 aromatic rings. The van der Waals surface area contributed by atoms with E-state index in [2.05, 4.69) is 24.1 Å². The van der Waals surface area contributed by atoms with E-state index in [-0.39, 0.29) is 11.7 Å². The number of hydrogen-bond acceptors (Lipinski definition) is 2. The number of rotatable bonds is 5. The molecule has 23 heavy (non-hydrogen) atoms. The van der Waals surface area contributed by atoms with Crippen LogP contribution in [0.5, 0.6) is 0 Å². The third-order valence-corrected chi connectivity index (χ3v) is 4.45. The summed E-state index contributed by atoms with van der Waals surface area (Å²) in [5, 5.41) is 3.01. The number of benzene rings is 1. The Hall–Kier alpha value is -1.68. The van der Waals surface area contributed by atoms with E-state index < -0.39 is 5.54 Å². The van der Waals surface area contributed by atoms with Crippen LogP contribution >= 0.6 is 0 Å². The highest BCUT2D eigenvalue weighted by molar-refractivity contribution is 5.85. The van der Waals surface area contributed by atoms with Gasteiger partial charge in [0.2, 0.25) is 5.91 Å².